The summed E-state index contributed by atoms with van der Waals surface area (Å²) in [5.74, 6) is 0.862. The van der Waals surface area contributed by atoms with Crippen molar-refractivity contribution >= 4 is 17.6 Å². The van der Waals surface area contributed by atoms with Crippen molar-refractivity contribution in [3.8, 4) is 11.5 Å². The summed E-state index contributed by atoms with van der Waals surface area (Å²) in [5.41, 5.74) is 1.98. The van der Waals surface area contributed by atoms with Crippen molar-refractivity contribution in [1.82, 2.24) is 19.6 Å². The van der Waals surface area contributed by atoms with E-state index in [-0.39, 0.29) is 19.2 Å². The van der Waals surface area contributed by atoms with E-state index in [0.29, 0.717) is 22.8 Å². The molecule has 1 N–H and O–H groups in total. The SMILES string of the molecule is Cc1ccc2nc(CN3C(=O)N[C@](C)(c4ccc5c(c4)OCO5)C3=O)cn2c1. The van der Waals surface area contributed by atoms with E-state index in [4.69, 9.17) is 9.47 Å². The normalized spacial score (nSPS) is 20.9. The van der Waals surface area contributed by atoms with Crippen LogP contribution in [0.5, 0.6) is 11.5 Å². The van der Waals surface area contributed by atoms with E-state index >= 15 is 0 Å². The number of carbonyl (C=O) groups excluding carboxylic acids is 2. The molecule has 0 unspecified atom stereocenters. The van der Waals surface area contributed by atoms with Crippen molar-refractivity contribution in [2.24, 2.45) is 0 Å². The zero-order chi connectivity index (χ0) is 19.5. The third-order valence-corrected chi connectivity index (χ3v) is 5.19. The summed E-state index contributed by atoms with van der Waals surface area (Å²) in [6.45, 7) is 3.94. The quantitative estimate of drug-likeness (QED) is 0.707. The van der Waals surface area contributed by atoms with Crippen LogP contribution in [0.25, 0.3) is 5.65 Å². The van der Waals surface area contributed by atoms with Gasteiger partial charge in [0.2, 0.25) is 6.79 Å². The number of amides is 3. The van der Waals surface area contributed by atoms with Crippen LogP contribution in [0.1, 0.15) is 23.7 Å². The number of aromatic nitrogens is 2. The summed E-state index contributed by atoms with van der Waals surface area (Å²) < 4.78 is 12.6. The first kappa shape index (κ1) is 16.6. The zero-order valence-corrected chi connectivity index (χ0v) is 15.4. The number of benzene rings is 1. The first-order valence-corrected chi connectivity index (χ1v) is 8.92. The van der Waals surface area contributed by atoms with Gasteiger partial charge in [-0.2, -0.15) is 0 Å². The van der Waals surface area contributed by atoms with Gasteiger partial charge < -0.3 is 19.2 Å². The predicted octanol–water partition coefficient (Wildman–Crippen LogP) is 2.34. The lowest BCUT2D eigenvalue weighted by Gasteiger charge is -2.22. The van der Waals surface area contributed by atoms with Gasteiger partial charge in [0.15, 0.2) is 11.5 Å². The number of ether oxygens (including phenoxy) is 2. The Balaban J connectivity index is 1.45. The van der Waals surface area contributed by atoms with Crippen LogP contribution in [0.3, 0.4) is 0 Å². The number of aryl methyl sites for hydroxylation is 1. The van der Waals surface area contributed by atoms with E-state index in [1.54, 1.807) is 25.1 Å². The van der Waals surface area contributed by atoms with E-state index in [1.165, 1.54) is 4.90 Å². The molecule has 0 spiro atoms. The molecule has 0 radical (unpaired) electrons. The number of nitrogens with zero attached hydrogens (tertiary/aromatic N) is 3. The highest BCUT2D eigenvalue weighted by Gasteiger charge is 2.49. The standard InChI is InChI=1S/C20H18N4O4/c1-12-3-6-17-21-14(9-23(17)8-12)10-24-18(25)20(2,22-19(24)26)13-4-5-15-16(7-13)28-11-27-15/h3-9H,10-11H2,1-2H3,(H,22,26)/t20-/m1/s1. The second-order valence-corrected chi connectivity index (χ2v) is 7.22. The Morgan fingerprint density at radius 2 is 1.96 bits per heavy atom. The lowest BCUT2D eigenvalue weighted by molar-refractivity contribution is -0.131. The van der Waals surface area contributed by atoms with E-state index in [1.807, 2.05) is 35.9 Å². The van der Waals surface area contributed by atoms with Crippen LogP contribution in [-0.2, 0) is 16.9 Å². The monoisotopic (exact) mass is 378 g/mol. The highest BCUT2D eigenvalue weighted by Crippen LogP contribution is 2.38. The zero-order valence-electron chi connectivity index (χ0n) is 15.4. The largest absolute Gasteiger partial charge is 0.454 e. The smallest absolute Gasteiger partial charge is 0.325 e. The lowest BCUT2D eigenvalue weighted by Crippen LogP contribution is -2.40. The molecule has 8 heteroatoms. The minimum absolute atomic E-state index is 0.103. The molecule has 142 valence electrons. The van der Waals surface area contributed by atoms with Gasteiger partial charge in [-0.1, -0.05) is 12.1 Å². The second-order valence-electron chi connectivity index (χ2n) is 7.22. The van der Waals surface area contributed by atoms with Crippen LogP contribution in [0.2, 0.25) is 0 Å². The fourth-order valence-corrected chi connectivity index (χ4v) is 3.64. The molecular weight excluding hydrogens is 360 g/mol. The van der Waals surface area contributed by atoms with Crippen molar-refractivity contribution in [1.29, 1.82) is 0 Å². The molecule has 0 aliphatic carbocycles. The van der Waals surface area contributed by atoms with Crippen LogP contribution in [0, 0.1) is 6.92 Å². The fourth-order valence-electron chi connectivity index (χ4n) is 3.64. The van der Waals surface area contributed by atoms with Crippen LogP contribution in [0.15, 0.2) is 42.7 Å². The van der Waals surface area contributed by atoms with Crippen molar-refractivity contribution in [2.75, 3.05) is 6.79 Å². The Kier molecular flexibility index (Phi) is 3.39. The molecule has 1 fully saturated rings. The first-order valence-electron chi connectivity index (χ1n) is 8.92. The summed E-state index contributed by atoms with van der Waals surface area (Å²) >= 11 is 0. The van der Waals surface area contributed by atoms with Crippen LogP contribution in [-0.4, -0.2) is 33.0 Å². The number of carbonyl (C=O) groups is 2. The van der Waals surface area contributed by atoms with Gasteiger partial charge in [0.1, 0.15) is 11.2 Å². The molecule has 3 amide bonds. The third-order valence-electron chi connectivity index (χ3n) is 5.19. The topological polar surface area (TPSA) is 85.2 Å². The predicted molar refractivity (Wildman–Crippen MR) is 98.9 cm³/mol. The molecule has 5 rings (SSSR count). The number of hydrogen-bond acceptors (Lipinski definition) is 5. The van der Waals surface area contributed by atoms with E-state index < -0.39 is 11.6 Å². The van der Waals surface area contributed by atoms with E-state index in [0.717, 1.165) is 11.2 Å². The summed E-state index contributed by atoms with van der Waals surface area (Å²) in [4.78, 5) is 31.4. The summed E-state index contributed by atoms with van der Waals surface area (Å²) in [5, 5.41) is 2.81. The molecule has 1 saturated heterocycles. The number of pyridine rings is 1. The van der Waals surface area contributed by atoms with E-state index in [9.17, 15) is 9.59 Å². The van der Waals surface area contributed by atoms with Crippen LogP contribution >= 0.6 is 0 Å². The Morgan fingerprint density at radius 1 is 1.14 bits per heavy atom. The molecule has 3 aromatic rings. The second kappa shape index (κ2) is 5.72. The molecule has 2 aromatic heterocycles. The highest BCUT2D eigenvalue weighted by atomic mass is 16.7. The third kappa shape index (κ3) is 2.41. The molecule has 1 aromatic carbocycles. The summed E-state index contributed by atoms with van der Waals surface area (Å²) in [7, 11) is 0. The maximum absolute atomic E-state index is 13.1. The van der Waals surface area contributed by atoms with Crippen molar-refractivity contribution in [2.45, 2.75) is 25.9 Å². The van der Waals surface area contributed by atoms with Gasteiger partial charge in [-0.15, -0.1) is 0 Å². The number of nitrogens with one attached hydrogen (secondary N) is 1. The molecule has 2 aliphatic rings. The molecule has 28 heavy (non-hydrogen) atoms. The Labute approximate surface area is 160 Å². The van der Waals surface area contributed by atoms with Gasteiger partial charge in [0.25, 0.3) is 5.91 Å². The first-order chi connectivity index (χ1) is 13.4. The Hall–Kier alpha value is -3.55. The minimum atomic E-state index is -1.17. The highest BCUT2D eigenvalue weighted by molar-refractivity contribution is 6.07. The number of hydrogen-bond donors (Lipinski definition) is 1. The molecule has 4 heterocycles. The van der Waals surface area contributed by atoms with Gasteiger partial charge in [-0.25, -0.2) is 9.78 Å². The molecule has 0 saturated carbocycles. The number of imide groups is 1. The van der Waals surface area contributed by atoms with Gasteiger partial charge in [-0.05, 0) is 43.2 Å². The van der Waals surface area contributed by atoms with Crippen LogP contribution < -0.4 is 14.8 Å². The Morgan fingerprint density at radius 3 is 2.82 bits per heavy atom. The minimum Gasteiger partial charge on any atom is -0.454 e. The average molecular weight is 378 g/mol. The van der Waals surface area contributed by atoms with Crippen molar-refractivity contribution in [3.63, 3.8) is 0 Å². The molecular formula is C20H18N4O4. The fraction of sp³-hybridized carbons (Fsp3) is 0.250. The maximum Gasteiger partial charge on any atom is 0.325 e. The van der Waals surface area contributed by atoms with Gasteiger partial charge >= 0.3 is 6.03 Å². The maximum atomic E-state index is 13.1. The van der Waals surface area contributed by atoms with Gasteiger partial charge in [0.05, 0.1) is 12.2 Å². The van der Waals surface area contributed by atoms with Crippen LogP contribution in [0.4, 0.5) is 4.79 Å². The molecule has 1 atom stereocenters. The number of rotatable bonds is 3. The van der Waals surface area contributed by atoms with Gasteiger partial charge in [0, 0.05) is 12.4 Å². The number of fused-ring (bicyclic) bond motifs is 2. The summed E-state index contributed by atoms with van der Waals surface area (Å²) in [6, 6.07) is 8.67. The number of imidazole rings is 1. The van der Waals surface area contributed by atoms with Crippen molar-refractivity contribution in [3.05, 3.63) is 59.5 Å². The van der Waals surface area contributed by atoms with Gasteiger partial charge in [-0.3, -0.25) is 9.69 Å². The van der Waals surface area contributed by atoms with E-state index in [2.05, 4.69) is 10.3 Å². The Bertz CT molecular complexity index is 1140. The molecule has 2 aliphatic heterocycles. The average Bonchev–Trinajstić information content (AvgIpc) is 3.34. The number of urea groups is 1. The van der Waals surface area contributed by atoms with Crippen molar-refractivity contribution < 1.29 is 19.1 Å². The lowest BCUT2D eigenvalue weighted by atomic mass is 9.91. The molecule has 0 bridgehead atoms. The molecule has 8 nitrogen and oxygen atoms in total. The summed E-state index contributed by atoms with van der Waals surface area (Å²) in [6.07, 6.45) is 3.79.